The van der Waals surface area contributed by atoms with Crippen LogP contribution in [0.1, 0.15) is 18.6 Å². The van der Waals surface area contributed by atoms with Crippen LogP contribution >= 0.6 is 11.8 Å². The zero-order valence-electron chi connectivity index (χ0n) is 9.30. The molecule has 0 radical (unpaired) electrons. The Kier molecular flexibility index (Phi) is 3.66. The summed E-state index contributed by atoms with van der Waals surface area (Å²) in [6.45, 7) is 1.94. The fraction of sp³-hybridized carbons (Fsp3) is 0.462. The summed E-state index contributed by atoms with van der Waals surface area (Å²) in [6, 6.07) is 9.45. The first kappa shape index (κ1) is 11.7. The average molecular weight is 236 g/mol. The number of carbonyl (C=O) groups is 1. The third-order valence-electron chi connectivity index (χ3n) is 3.04. The highest BCUT2D eigenvalue weighted by Crippen LogP contribution is 2.33. The maximum atomic E-state index is 12.0. The molecule has 1 aliphatic rings. The number of ketones is 1. The number of hydrogen-bond donors (Lipinski definition) is 1. The van der Waals surface area contributed by atoms with Crippen molar-refractivity contribution in [2.75, 3.05) is 11.5 Å². The van der Waals surface area contributed by atoms with Gasteiger partial charge < -0.3 is 5.11 Å². The summed E-state index contributed by atoms with van der Waals surface area (Å²) >= 11 is 1.76. The smallest absolute Gasteiger partial charge is 0.143 e. The predicted octanol–water partition coefficient (Wildman–Crippen LogP) is 2.29. The highest BCUT2D eigenvalue weighted by Gasteiger charge is 2.34. The van der Waals surface area contributed by atoms with Crippen molar-refractivity contribution in [3.8, 4) is 0 Å². The second kappa shape index (κ2) is 5.02. The molecule has 0 saturated carbocycles. The van der Waals surface area contributed by atoms with Crippen LogP contribution in [0.5, 0.6) is 0 Å². The van der Waals surface area contributed by atoms with Crippen LogP contribution in [0.4, 0.5) is 0 Å². The number of rotatable bonds is 2. The van der Waals surface area contributed by atoms with Crippen LogP contribution < -0.4 is 0 Å². The van der Waals surface area contributed by atoms with Gasteiger partial charge in [0.05, 0.1) is 12.0 Å². The lowest BCUT2D eigenvalue weighted by Gasteiger charge is -2.28. The molecule has 1 heterocycles. The first-order valence-electron chi connectivity index (χ1n) is 5.54. The van der Waals surface area contributed by atoms with Gasteiger partial charge in [0.1, 0.15) is 5.78 Å². The average Bonchev–Trinajstić information content (AvgIpc) is 2.33. The van der Waals surface area contributed by atoms with E-state index < -0.39 is 6.10 Å². The molecular weight excluding hydrogens is 220 g/mol. The summed E-state index contributed by atoms with van der Waals surface area (Å²) in [5, 5.41) is 10.2. The van der Waals surface area contributed by atoms with Gasteiger partial charge in [-0.05, 0) is 5.56 Å². The third-order valence-corrected chi connectivity index (χ3v) is 4.37. The largest absolute Gasteiger partial charge is 0.388 e. The number of thioether (sulfide) groups is 1. The highest BCUT2D eigenvalue weighted by atomic mass is 32.2. The molecule has 0 bridgehead atoms. The van der Waals surface area contributed by atoms with E-state index in [2.05, 4.69) is 0 Å². The van der Waals surface area contributed by atoms with Gasteiger partial charge in [-0.2, -0.15) is 11.8 Å². The van der Waals surface area contributed by atoms with Crippen LogP contribution in [0.15, 0.2) is 30.3 Å². The van der Waals surface area contributed by atoms with Gasteiger partial charge in [-0.3, -0.25) is 4.79 Å². The van der Waals surface area contributed by atoms with E-state index in [1.807, 2.05) is 37.3 Å². The van der Waals surface area contributed by atoms with Crippen molar-refractivity contribution in [2.45, 2.75) is 13.0 Å². The zero-order chi connectivity index (χ0) is 11.5. The van der Waals surface area contributed by atoms with Gasteiger partial charge in [-0.25, -0.2) is 0 Å². The quantitative estimate of drug-likeness (QED) is 0.856. The molecule has 1 aromatic carbocycles. The van der Waals surface area contributed by atoms with Crippen molar-refractivity contribution < 1.29 is 9.90 Å². The first-order chi connectivity index (χ1) is 7.70. The Hall–Kier alpha value is -0.800. The Balaban J connectivity index is 2.15. The number of Topliss-reactive ketones (excluding diaryl/α,β-unsaturated/α-hetero) is 1. The molecule has 1 aromatic rings. The zero-order valence-corrected chi connectivity index (χ0v) is 10.1. The second-order valence-corrected chi connectivity index (χ2v) is 5.38. The van der Waals surface area contributed by atoms with E-state index in [0.717, 1.165) is 17.1 Å². The molecule has 1 N–H and O–H groups in total. The van der Waals surface area contributed by atoms with Crippen molar-refractivity contribution >= 4 is 17.5 Å². The number of hydrogen-bond acceptors (Lipinski definition) is 3. The van der Waals surface area contributed by atoms with E-state index in [-0.39, 0.29) is 17.6 Å². The van der Waals surface area contributed by atoms with Crippen LogP contribution in [-0.4, -0.2) is 22.4 Å². The van der Waals surface area contributed by atoms with Crippen molar-refractivity contribution in [2.24, 2.45) is 11.8 Å². The fourth-order valence-corrected chi connectivity index (χ4v) is 3.29. The van der Waals surface area contributed by atoms with Gasteiger partial charge in [0.2, 0.25) is 0 Å². The minimum Gasteiger partial charge on any atom is -0.388 e. The lowest BCUT2D eigenvalue weighted by Crippen LogP contribution is -2.34. The molecule has 86 valence electrons. The van der Waals surface area contributed by atoms with Crippen molar-refractivity contribution in [3.63, 3.8) is 0 Å². The lowest BCUT2D eigenvalue weighted by atomic mass is 9.88. The molecule has 0 aromatic heterocycles. The van der Waals surface area contributed by atoms with E-state index in [1.54, 1.807) is 11.8 Å². The normalized spacial score (nSPS) is 27.8. The highest BCUT2D eigenvalue weighted by molar-refractivity contribution is 7.99. The van der Waals surface area contributed by atoms with E-state index in [0.29, 0.717) is 0 Å². The number of aliphatic hydroxyl groups excluding tert-OH is 1. The molecule has 2 nitrogen and oxygen atoms in total. The minimum atomic E-state index is -0.649. The number of carbonyl (C=O) groups excluding carboxylic acids is 1. The maximum absolute atomic E-state index is 12.0. The summed E-state index contributed by atoms with van der Waals surface area (Å²) in [6.07, 6.45) is -0.649. The molecular formula is C13H16O2S. The first-order valence-corrected chi connectivity index (χ1v) is 6.70. The molecule has 0 amide bonds. The Morgan fingerprint density at radius 2 is 2.00 bits per heavy atom. The summed E-state index contributed by atoms with van der Waals surface area (Å²) in [7, 11) is 0. The Labute approximate surface area is 100 Å². The fourth-order valence-electron chi connectivity index (χ4n) is 2.03. The van der Waals surface area contributed by atoms with Crippen molar-refractivity contribution in [1.82, 2.24) is 0 Å². The van der Waals surface area contributed by atoms with Crippen LogP contribution in [0.2, 0.25) is 0 Å². The molecule has 1 saturated heterocycles. The van der Waals surface area contributed by atoms with E-state index in [9.17, 15) is 9.90 Å². The maximum Gasteiger partial charge on any atom is 0.143 e. The topological polar surface area (TPSA) is 37.3 Å². The van der Waals surface area contributed by atoms with E-state index in [4.69, 9.17) is 0 Å². The van der Waals surface area contributed by atoms with Crippen LogP contribution in [-0.2, 0) is 4.79 Å². The number of aliphatic hydroxyl groups is 1. The van der Waals surface area contributed by atoms with Crippen molar-refractivity contribution in [1.29, 1.82) is 0 Å². The summed E-state index contributed by atoms with van der Waals surface area (Å²) in [5.74, 6) is 1.66. The summed E-state index contributed by atoms with van der Waals surface area (Å²) in [4.78, 5) is 12.0. The second-order valence-electron chi connectivity index (χ2n) is 4.30. The molecule has 3 atom stereocenters. The molecule has 0 unspecified atom stereocenters. The monoisotopic (exact) mass is 236 g/mol. The van der Waals surface area contributed by atoms with Crippen LogP contribution in [0.25, 0.3) is 0 Å². The molecule has 2 rings (SSSR count). The number of benzene rings is 1. The van der Waals surface area contributed by atoms with Gasteiger partial charge in [-0.15, -0.1) is 0 Å². The van der Waals surface area contributed by atoms with Gasteiger partial charge in [0.15, 0.2) is 0 Å². The molecule has 3 heteroatoms. The molecule has 0 spiro atoms. The van der Waals surface area contributed by atoms with Crippen LogP contribution in [0.3, 0.4) is 0 Å². The third kappa shape index (κ3) is 2.30. The van der Waals surface area contributed by atoms with Gasteiger partial charge in [-0.1, -0.05) is 37.3 Å². The van der Waals surface area contributed by atoms with Gasteiger partial charge >= 0.3 is 0 Å². The van der Waals surface area contributed by atoms with Crippen LogP contribution in [0, 0.1) is 11.8 Å². The Morgan fingerprint density at radius 3 is 2.69 bits per heavy atom. The SMILES string of the molecule is C[C@H]1CSC[C@@H]([C@@H](O)c2ccccc2)C1=O. The Morgan fingerprint density at radius 1 is 1.31 bits per heavy atom. The summed E-state index contributed by atoms with van der Waals surface area (Å²) in [5.41, 5.74) is 0.843. The molecule has 16 heavy (non-hydrogen) atoms. The predicted molar refractivity (Wildman–Crippen MR) is 66.4 cm³/mol. The van der Waals surface area contributed by atoms with E-state index >= 15 is 0 Å². The minimum absolute atomic E-state index is 0.0714. The van der Waals surface area contributed by atoms with Gasteiger partial charge in [0.25, 0.3) is 0 Å². The molecule has 0 aliphatic carbocycles. The standard InChI is InChI=1S/C13H16O2S/c1-9-7-16-8-11(12(9)14)13(15)10-5-3-2-4-6-10/h2-6,9,11,13,15H,7-8H2,1H3/t9-,11+,13-/m0/s1. The molecule has 1 fully saturated rings. The Bertz CT molecular complexity index is 363. The summed E-state index contributed by atoms with van der Waals surface area (Å²) < 4.78 is 0. The van der Waals surface area contributed by atoms with E-state index in [1.165, 1.54) is 0 Å². The van der Waals surface area contributed by atoms with Gasteiger partial charge in [0, 0.05) is 17.4 Å². The molecule has 1 aliphatic heterocycles. The lowest BCUT2D eigenvalue weighted by molar-refractivity contribution is -0.128. The van der Waals surface area contributed by atoms with Crippen molar-refractivity contribution in [3.05, 3.63) is 35.9 Å².